The number of carbonyl (C=O) groups excluding carboxylic acids is 1. The number of aryl methyl sites for hydroxylation is 1. The third-order valence-electron chi connectivity index (χ3n) is 4.95. The number of rotatable bonds is 7. The van der Waals surface area contributed by atoms with Gasteiger partial charge in [-0.1, -0.05) is 29.5 Å². The van der Waals surface area contributed by atoms with Gasteiger partial charge in [0.1, 0.15) is 17.2 Å². The molecule has 0 spiro atoms. The van der Waals surface area contributed by atoms with Crippen molar-refractivity contribution in [3.8, 4) is 0 Å². The summed E-state index contributed by atoms with van der Waals surface area (Å²) in [5.41, 5.74) is 1.27. The number of likely N-dealkylation sites (N-methyl/N-ethyl adjacent to an activating group) is 1. The van der Waals surface area contributed by atoms with Crippen LogP contribution in [-0.4, -0.2) is 37.1 Å². The quantitative estimate of drug-likeness (QED) is 0.655. The monoisotopic (exact) mass is 404 g/mol. The van der Waals surface area contributed by atoms with Crippen molar-refractivity contribution in [2.24, 2.45) is 0 Å². The van der Waals surface area contributed by atoms with Crippen molar-refractivity contribution in [3.05, 3.63) is 59.2 Å². The molecule has 1 heterocycles. The van der Waals surface area contributed by atoms with Crippen LogP contribution < -0.4 is 9.80 Å². The maximum absolute atomic E-state index is 14.3. The molecule has 0 saturated heterocycles. The van der Waals surface area contributed by atoms with Crippen LogP contribution in [0, 0.1) is 18.6 Å². The van der Waals surface area contributed by atoms with E-state index in [1.54, 1.807) is 0 Å². The van der Waals surface area contributed by atoms with E-state index in [0.29, 0.717) is 18.2 Å². The van der Waals surface area contributed by atoms with Gasteiger partial charge in [0.25, 0.3) is 5.91 Å². The predicted molar refractivity (Wildman–Crippen MR) is 109 cm³/mol. The van der Waals surface area contributed by atoms with Gasteiger partial charge in [-0.15, -0.1) is 0 Å². The molecule has 2 aromatic carbocycles. The molecule has 0 aliphatic rings. The number of quaternary nitrogens is 1. The summed E-state index contributed by atoms with van der Waals surface area (Å²) >= 11 is 1.36. The largest absolute Gasteiger partial charge is 0.334 e. The molecular weight excluding hydrogens is 380 g/mol. The molecule has 0 aliphatic carbocycles. The van der Waals surface area contributed by atoms with E-state index in [1.165, 1.54) is 27.2 Å². The van der Waals surface area contributed by atoms with Crippen molar-refractivity contribution in [2.75, 3.05) is 31.1 Å². The molecule has 0 fully saturated rings. The van der Waals surface area contributed by atoms with Crippen molar-refractivity contribution in [3.63, 3.8) is 0 Å². The van der Waals surface area contributed by atoms with E-state index in [-0.39, 0.29) is 0 Å². The molecule has 148 valence electrons. The highest BCUT2D eigenvalue weighted by atomic mass is 32.1. The number of carbonyl (C=O) groups is 1. The van der Waals surface area contributed by atoms with Crippen LogP contribution in [0.2, 0.25) is 0 Å². The molecule has 0 atom stereocenters. The summed E-state index contributed by atoms with van der Waals surface area (Å²) in [6.45, 7) is 8.92. The minimum atomic E-state index is -0.859. The Kier molecular flexibility index (Phi) is 6.36. The molecule has 1 N–H and O–H groups in total. The number of hydrogen-bond donors (Lipinski definition) is 1. The number of hydrogen-bond acceptors (Lipinski definition) is 3. The second-order valence-electron chi connectivity index (χ2n) is 6.68. The minimum Gasteiger partial charge on any atom is -0.334 e. The van der Waals surface area contributed by atoms with Crippen molar-refractivity contribution < 1.29 is 18.5 Å². The van der Waals surface area contributed by atoms with Crippen LogP contribution in [0.1, 0.15) is 29.8 Å². The molecule has 0 radical (unpaired) electrons. The first-order valence-electron chi connectivity index (χ1n) is 9.41. The Bertz CT molecular complexity index is 965. The molecule has 3 rings (SSSR count). The average molecular weight is 405 g/mol. The summed E-state index contributed by atoms with van der Waals surface area (Å²) in [6, 6.07) is 9.29. The van der Waals surface area contributed by atoms with E-state index in [2.05, 4.69) is 18.8 Å². The van der Waals surface area contributed by atoms with Gasteiger partial charge in [-0.05, 0) is 44.5 Å². The van der Waals surface area contributed by atoms with Crippen LogP contribution in [0.15, 0.2) is 36.4 Å². The van der Waals surface area contributed by atoms with Crippen LogP contribution in [0.5, 0.6) is 0 Å². The lowest BCUT2D eigenvalue weighted by Crippen LogP contribution is -3.12. The van der Waals surface area contributed by atoms with Crippen LogP contribution in [0.3, 0.4) is 0 Å². The number of nitrogens with one attached hydrogen (secondary N) is 1. The third kappa shape index (κ3) is 4.05. The lowest BCUT2D eigenvalue weighted by atomic mass is 10.1. The molecule has 28 heavy (non-hydrogen) atoms. The summed E-state index contributed by atoms with van der Waals surface area (Å²) in [6.07, 6.45) is 0. The van der Waals surface area contributed by atoms with Gasteiger partial charge in [0.2, 0.25) is 0 Å². The fourth-order valence-electron chi connectivity index (χ4n) is 3.18. The normalized spacial score (nSPS) is 11.4. The SMILES string of the molecule is CC[NH+](CC)CCN(C(=O)c1c(F)cccc1F)c1nc2c(C)cccc2s1. The second kappa shape index (κ2) is 8.75. The number of para-hydroxylation sites is 1. The first kappa shape index (κ1) is 20.4. The van der Waals surface area contributed by atoms with Gasteiger partial charge in [-0.2, -0.15) is 0 Å². The van der Waals surface area contributed by atoms with Crippen molar-refractivity contribution in [2.45, 2.75) is 20.8 Å². The second-order valence-corrected chi connectivity index (χ2v) is 7.69. The Balaban J connectivity index is 2.03. The minimum absolute atomic E-state index is 0.336. The van der Waals surface area contributed by atoms with Crippen LogP contribution in [0.4, 0.5) is 13.9 Å². The molecule has 4 nitrogen and oxygen atoms in total. The standard InChI is InChI=1S/C21H23F2N3OS/c1-4-25(5-2)12-13-26(20(27)18-15(22)9-7-10-16(18)23)21-24-19-14(3)8-6-11-17(19)28-21/h6-11H,4-5,12-13H2,1-3H3/p+1. The smallest absolute Gasteiger partial charge is 0.266 e. The number of halogens is 2. The van der Waals surface area contributed by atoms with Gasteiger partial charge in [0, 0.05) is 0 Å². The summed E-state index contributed by atoms with van der Waals surface area (Å²) in [4.78, 5) is 20.5. The molecule has 0 saturated carbocycles. The molecule has 3 aromatic rings. The van der Waals surface area contributed by atoms with Crippen molar-refractivity contribution >= 4 is 32.6 Å². The highest BCUT2D eigenvalue weighted by Gasteiger charge is 2.27. The Morgan fingerprint density at radius 3 is 2.36 bits per heavy atom. The van der Waals surface area contributed by atoms with E-state index in [4.69, 9.17) is 0 Å². The van der Waals surface area contributed by atoms with E-state index in [9.17, 15) is 13.6 Å². The number of amides is 1. The Labute approximate surface area is 167 Å². The highest BCUT2D eigenvalue weighted by Crippen LogP contribution is 2.31. The maximum Gasteiger partial charge on any atom is 0.266 e. The predicted octanol–water partition coefficient (Wildman–Crippen LogP) is 3.45. The molecule has 0 unspecified atom stereocenters. The van der Waals surface area contributed by atoms with E-state index < -0.39 is 23.1 Å². The molecular formula is C21H24F2N3OS+. The van der Waals surface area contributed by atoms with Gasteiger partial charge in [0.15, 0.2) is 5.13 Å². The highest BCUT2D eigenvalue weighted by molar-refractivity contribution is 7.22. The van der Waals surface area contributed by atoms with E-state index >= 15 is 0 Å². The first-order chi connectivity index (χ1) is 13.5. The van der Waals surface area contributed by atoms with Crippen LogP contribution in [-0.2, 0) is 0 Å². The fraction of sp³-hybridized carbons (Fsp3) is 0.333. The average Bonchev–Trinajstić information content (AvgIpc) is 3.10. The molecule has 1 aromatic heterocycles. The summed E-state index contributed by atoms with van der Waals surface area (Å²) in [7, 11) is 0. The summed E-state index contributed by atoms with van der Waals surface area (Å²) in [5.74, 6) is -2.41. The Morgan fingerprint density at radius 1 is 1.11 bits per heavy atom. The lowest BCUT2D eigenvalue weighted by Gasteiger charge is -2.23. The van der Waals surface area contributed by atoms with Gasteiger partial charge in [0.05, 0.1) is 36.4 Å². The molecule has 0 bridgehead atoms. The zero-order chi connectivity index (χ0) is 20.3. The molecule has 7 heteroatoms. The maximum atomic E-state index is 14.3. The number of anilines is 1. The molecule has 0 aliphatic heterocycles. The number of aromatic nitrogens is 1. The van der Waals surface area contributed by atoms with E-state index in [0.717, 1.165) is 41.0 Å². The van der Waals surface area contributed by atoms with Crippen molar-refractivity contribution in [1.29, 1.82) is 0 Å². The van der Waals surface area contributed by atoms with Gasteiger partial charge >= 0.3 is 0 Å². The number of benzene rings is 2. The third-order valence-corrected chi connectivity index (χ3v) is 5.99. The Morgan fingerprint density at radius 2 is 1.75 bits per heavy atom. The summed E-state index contributed by atoms with van der Waals surface area (Å²) < 4.78 is 29.5. The van der Waals surface area contributed by atoms with Gasteiger partial charge in [-0.3, -0.25) is 9.69 Å². The van der Waals surface area contributed by atoms with Gasteiger partial charge in [-0.25, -0.2) is 13.8 Å². The fourth-order valence-corrected chi connectivity index (χ4v) is 4.25. The van der Waals surface area contributed by atoms with E-state index in [1.807, 2.05) is 25.1 Å². The van der Waals surface area contributed by atoms with Crippen LogP contribution >= 0.6 is 11.3 Å². The van der Waals surface area contributed by atoms with Gasteiger partial charge < -0.3 is 4.90 Å². The number of nitrogens with zero attached hydrogens (tertiary/aromatic N) is 2. The molecule has 1 amide bonds. The lowest BCUT2D eigenvalue weighted by molar-refractivity contribution is -0.894. The zero-order valence-electron chi connectivity index (χ0n) is 16.3. The Hall–Kier alpha value is -2.38. The first-order valence-corrected chi connectivity index (χ1v) is 10.2. The van der Waals surface area contributed by atoms with Crippen molar-refractivity contribution in [1.82, 2.24) is 4.98 Å². The summed E-state index contributed by atoms with van der Waals surface area (Å²) in [5, 5.41) is 0.462. The number of fused-ring (bicyclic) bond motifs is 1. The number of thiazole rings is 1. The topological polar surface area (TPSA) is 37.6 Å². The zero-order valence-corrected chi connectivity index (χ0v) is 17.1. The van der Waals surface area contributed by atoms with Crippen LogP contribution in [0.25, 0.3) is 10.2 Å².